The highest BCUT2D eigenvalue weighted by Crippen LogP contribution is 2.37. The van der Waals surface area contributed by atoms with E-state index >= 15 is 0 Å². The molecule has 24 heavy (non-hydrogen) atoms. The second-order valence-corrected chi connectivity index (χ2v) is 7.26. The van der Waals surface area contributed by atoms with Gasteiger partial charge in [0.1, 0.15) is 6.10 Å². The van der Waals surface area contributed by atoms with E-state index in [1.54, 1.807) is 0 Å². The third-order valence-corrected chi connectivity index (χ3v) is 5.43. The number of amides is 2. The largest absolute Gasteiger partial charge is 0.481 e. The molecule has 0 aromatic rings. The quantitative estimate of drug-likeness (QED) is 0.727. The molecule has 2 aliphatic carbocycles. The van der Waals surface area contributed by atoms with Crippen LogP contribution < -0.4 is 10.6 Å². The van der Waals surface area contributed by atoms with Gasteiger partial charge in [-0.3, -0.25) is 4.79 Å². The van der Waals surface area contributed by atoms with Crippen molar-refractivity contribution in [3.63, 3.8) is 0 Å². The first kappa shape index (κ1) is 17.5. The Labute approximate surface area is 142 Å². The van der Waals surface area contributed by atoms with Crippen LogP contribution in [0.15, 0.2) is 0 Å². The van der Waals surface area contributed by atoms with Gasteiger partial charge in [-0.2, -0.15) is 0 Å². The van der Waals surface area contributed by atoms with Crippen LogP contribution in [0.3, 0.4) is 0 Å². The number of carbonyl (C=O) groups is 2. The Hall–Kier alpha value is -1.34. The third-order valence-electron chi connectivity index (χ3n) is 5.43. The minimum Gasteiger partial charge on any atom is -0.481 e. The maximum Gasteiger partial charge on any atom is 0.315 e. The summed E-state index contributed by atoms with van der Waals surface area (Å²) in [4.78, 5) is 23.0. The molecule has 7 nitrogen and oxygen atoms in total. The maximum absolute atomic E-state index is 12.0. The van der Waals surface area contributed by atoms with E-state index in [0.29, 0.717) is 26.0 Å². The maximum atomic E-state index is 12.0. The molecule has 2 amide bonds. The van der Waals surface area contributed by atoms with Crippen LogP contribution in [0.4, 0.5) is 4.79 Å². The Morgan fingerprint density at radius 3 is 2.46 bits per heavy atom. The van der Waals surface area contributed by atoms with Crippen LogP contribution in [-0.4, -0.2) is 48.2 Å². The van der Waals surface area contributed by atoms with Crippen LogP contribution in [0.25, 0.3) is 0 Å². The zero-order valence-electron chi connectivity index (χ0n) is 14.1. The van der Waals surface area contributed by atoms with Gasteiger partial charge >= 0.3 is 12.0 Å². The Morgan fingerprint density at radius 2 is 1.79 bits per heavy atom. The average molecular weight is 340 g/mol. The number of carbonyl (C=O) groups excluding carboxylic acids is 1. The van der Waals surface area contributed by atoms with Crippen LogP contribution in [0.2, 0.25) is 0 Å². The molecule has 3 N–H and O–H groups in total. The van der Waals surface area contributed by atoms with Gasteiger partial charge in [-0.05, 0) is 38.5 Å². The number of rotatable bonds is 4. The zero-order valence-corrected chi connectivity index (χ0v) is 14.1. The van der Waals surface area contributed by atoms with E-state index in [0.717, 1.165) is 38.5 Å². The van der Waals surface area contributed by atoms with Crippen molar-refractivity contribution in [1.82, 2.24) is 10.6 Å². The highest BCUT2D eigenvalue weighted by atomic mass is 16.7. The van der Waals surface area contributed by atoms with E-state index in [2.05, 4.69) is 10.6 Å². The van der Waals surface area contributed by atoms with E-state index in [1.165, 1.54) is 6.42 Å². The third kappa shape index (κ3) is 4.39. The van der Waals surface area contributed by atoms with Crippen LogP contribution in [0.1, 0.15) is 57.8 Å². The fourth-order valence-electron chi connectivity index (χ4n) is 4.00. The molecule has 136 valence electrons. The first-order chi connectivity index (χ1) is 11.6. The summed E-state index contributed by atoms with van der Waals surface area (Å²) in [5.41, 5.74) is 0. The molecule has 1 unspecified atom stereocenters. The van der Waals surface area contributed by atoms with Crippen molar-refractivity contribution >= 4 is 12.0 Å². The Kier molecular flexibility index (Phi) is 5.61. The monoisotopic (exact) mass is 340 g/mol. The van der Waals surface area contributed by atoms with Crippen molar-refractivity contribution in [2.75, 3.05) is 13.2 Å². The fraction of sp³-hybridized carbons (Fsp3) is 0.882. The smallest absolute Gasteiger partial charge is 0.315 e. The summed E-state index contributed by atoms with van der Waals surface area (Å²) in [5.74, 6) is -1.40. The lowest BCUT2D eigenvalue weighted by atomic mass is 9.86. The molecule has 1 saturated heterocycles. The SMILES string of the molecule is O=C(NCC1COC2(CCCCC2)O1)NC1CCC(C(=O)O)CC1. The van der Waals surface area contributed by atoms with Gasteiger partial charge in [-0.25, -0.2) is 4.79 Å². The second-order valence-electron chi connectivity index (χ2n) is 7.26. The summed E-state index contributed by atoms with van der Waals surface area (Å²) >= 11 is 0. The number of carboxylic acids is 1. The standard InChI is InChI=1S/C17H28N2O5/c20-15(21)12-4-6-13(7-5-12)19-16(22)18-10-14-11-23-17(24-14)8-2-1-3-9-17/h12-14H,1-11H2,(H,20,21)(H2,18,19,22). The Bertz CT molecular complexity index is 456. The van der Waals surface area contributed by atoms with Gasteiger partial charge in [0, 0.05) is 25.4 Å². The summed E-state index contributed by atoms with van der Waals surface area (Å²) in [5, 5.41) is 14.8. The number of nitrogens with one attached hydrogen (secondary N) is 2. The molecule has 0 aromatic heterocycles. The summed E-state index contributed by atoms with van der Waals surface area (Å²) in [6.07, 6.45) is 8.02. The minimum absolute atomic E-state index is 0.0611. The molecule has 1 atom stereocenters. The average Bonchev–Trinajstić information content (AvgIpc) is 2.97. The van der Waals surface area contributed by atoms with Crippen molar-refractivity contribution in [2.24, 2.45) is 5.92 Å². The van der Waals surface area contributed by atoms with E-state index in [9.17, 15) is 9.59 Å². The number of ether oxygens (including phenoxy) is 2. The summed E-state index contributed by atoms with van der Waals surface area (Å²) < 4.78 is 11.9. The van der Waals surface area contributed by atoms with Crippen molar-refractivity contribution in [2.45, 2.75) is 75.7 Å². The van der Waals surface area contributed by atoms with Crippen LogP contribution in [-0.2, 0) is 14.3 Å². The normalized spacial score (nSPS) is 32.4. The van der Waals surface area contributed by atoms with Gasteiger partial charge in [0.2, 0.25) is 0 Å². The van der Waals surface area contributed by atoms with Crippen molar-refractivity contribution in [3.05, 3.63) is 0 Å². The molecule has 1 heterocycles. The lowest BCUT2D eigenvalue weighted by Gasteiger charge is -2.31. The van der Waals surface area contributed by atoms with Gasteiger partial charge in [-0.1, -0.05) is 6.42 Å². The number of carboxylic acid groups (broad SMARTS) is 1. The van der Waals surface area contributed by atoms with Crippen molar-refractivity contribution in [1.29, 1.82) is 0 Å². The van der Waals surface area contributed by atoms with Crippen LogP contribution in [0.5, 0.6) is 0 Å². The van der Waals surface area contributed by atoms with E-state index < -0.39 is 11.8 Å². The van der Waals surface area contributed by atoms with Gasteiger partial charge in [0.25, 0.3) is 0 Å². The van der Waals surface area contributed by atoms with Gasteiger partial charge in [0.05, 0.1) is 12.5 Å². The van der Waals surface area contributed by atoms with Crippen molar-refractivity contribution < 1.29 is 24.2 Å². The Balaban J connectivity index is 1.34. The molecule has 3 aliphatic rings. The van der Waals surface area contributed by atoms with Gasteiger partial charge < -0.3 is 25.2 Å². The summed E-state index contributed by atoms with van der Waals surface area (Å²) in [7, 11) is 0. The summed E-state index contributed by atoms with van der Waals surface area (Å²) in [6.45, 7) is 0.974. The molecule has 0 bridgehead atoms. The topological polar surface area (TPSA) is 96.9 Å². The highest BCUT2D eigenvalue weighted by molar-refractivity contribution is 5.74. The fourth-order valence-corrected chi connectivity index (χ4v) is 4.00. The molecular weight excluding hydrogens is 312 g/mol. The molecule has 7 heteroatoms. The number of hydrogen-bond donors (Lipinski definition) is 3. The highest BCUT2D eigenvalue weighted by Gasteiger charge is 2.42. The molecule has 0 radical (unpaired) electrons. The van der Waals surface area contributed by atoms with E-state index in [-0.39, 0.29) is 24.1 Å². The van der Waals surface area contributed by atoms with Gasteiger partial charge in [-0.15, -0.1) is 0 Å². The molecule has 3 fully saturated rings. The van der Waals surface area contributed by atoms with Crippen molar-refractivity contribution in [3.8, 4) is 0 Å². The molecule has 1 spiro atoms. The summed E-state index contributed by atoms with van der Waals surface area (Å²) in [6, 6.07) is -0.145. The first-order valence-corrected chi connectivity index (χ1v) is 9.15. The predicted octanol–water partition coefficient (Wildman–Crippen LogP) is 2.00. The zero-order chi connectivity index (χ0) is 17.0. The van der Waals surface area contributed by atoms with Crippen LogP contribution >= 0.6 is 0 Å². The molecule has 2 saturated carbocycles. The number of hydrogen-bond acceptors (Lipinski definition) is 4. The first-order valence-electron chi connectivity index (χ1n) is 9.15. The van der Waals surface area contributed by atoms with E-state index in [1.807, 2.05) is 0 Å². The molecular formula is C17H28N2O5. The Morgan fingerprint density at radius 1 is 1.08 bits per heavy atom. The number of urea groups is 1. The minimum atomic E-state index is -0.729. The lowest BCUT2D eigenvalue weighted by Crippen LogP contribution is -2.46. The molecule has 3 rings (SSSR count). The molecule has 0 aromatic carbocycles. The second kappa shape index (κ2) is 7.70. The molecule has 1 aliphatic heterocycles. The lowest BCUT2D eigenvalue weighted by molar-refractivity contribution is -0.186. The number of aliphatic carboxylic acids is 1. The predicted molar refractivity (Wildman–Crippen MR) is 86.6 cm³/mol. The van der Waals surface area contributed by atoms with E-state index in [4.69, 9.17) is 14.6 Å². The van der Waals surface area contributed by atoms with Gasteiger partial charge in [0.15, 0.2) is 5.79 Å². The van der Waals surface area contributed by atoms with Crippen LogP contribution in [0, 0.1) is 5.92 Å².